The van der Waals surface area contributed by atoms with Crippen LogP contribution in [0, 0.1) is 19.8 Å². The summed E-state index contributed by atoms with van der Waals surface area (Å²) in [7, 11) is 0. The van der Waals surface area contributed by atoms with Crippen LogP contribution in [0.2, 0.25) is 0 Å². The van der Waals surface area contributed by atoms with E-state index in [2.05, 4.69) is 58.1 Å². The van der Waals surface area contributed by atoms with E-state index in [0.29, 0.717) is 25.4 Å². The van der Waals surface area contributed by atoms with Crippen molar-refractivity contribution >= 4 is 5.91 Å². The average Bonchev–Trinajstić information content (AvgIpc) is 3.28. The van der Waals surface area contributed by atoms with Crippen molar-refractivity contribution in [3.63, 3.8) is 0 Å². The Morgan fingerprint density at radius 2 is 1.86 bits per heavy atom. The highest BCUT2D eigenvalue weighted by molar-refractivity contribution is 5.76. The Morgan fingerprint density at radius 3 is 2.52 bits per heavy atom. The minimum absolute atomic E-state index is 0.0621. The molecule has 0 aliphatic rings. The first kappa shape index (κ1) is 20.8. The molecule has 0 atom stereocenters. The normalized spacial score (nSPS) is 11.2. The number of carbonyl (C=O) groups is 1. The first-order valence-corrected chi connectivity index (χ1v) is 10.1. The highest BCUT2D eigenvalue weighted by Crippen LogP contribution is 2.16. The van der Waals surface area contributed by atoms with Gasteiger partial charge < -0.3 is 5.32 Å². The molecule has 0 radical (unpaired) electrons. The zero-order valence-corrected chi connectivity index (χ0v) is 17.7. The Bertz CT molecular complexity index is 925. The van der Waals surface area contributed by atoms with Gasteiger partial charge in [0, 0.05) is 25.2 Å². The number of nitrogens with one attached hydrogen (secondary N) is 1. The van der Waals surface area contributed by atoms with Gasteiger partial charge in [0.1, 0.15) is 12.7 Å². The van der Waals surface area contributed by atoms with Crippen LogP contribution in [0.5, 0.6) is 0 Å². The van der Waals surface area contributed by atoms with Crippen molar-refractivity contribution < 1.29 is 4.79 Å². The number of hydrogen-bond donors (Lipinski definition) is 1. The fourth-order valence-electron chi connectivity index (χ4n) is 3.41. The molecule has 29 heavy (non-hydrogen) atoms. The van der Waals surface area contributed by atoms with Crippen LogP contribution in [0.15, 0.2) is 36.9 Å². The predicted octanol–water partition coefficient (Wildman–Crippen LogP) is 3.04. The van der Waals surface area contributed by atoms with Crippen molar-refractivity contribution in [2.24, 2.45) is 5.92 Å². The molecule has 0 unspecified atom stereocenters. The predicted molar refractivity (Wildman–Crippen MR) is 112 cm³/mol. The maximum Gasteiger partial charge on any atom is 0.220 e. The van der Waals surface area contributed by atoms with Crippen molar-refractivity contribution in [2.75, 3.05) is 0 Å². The molecule has 0 bridgehead atoms. The van der Waals surface area contributed by atoms with E-state index < -0.39 is 0 Å². The van der Waals surface area contributed by atoms with Gasteiger partial charge in [-0.2, -0.15) is 10.2 Å². The van der Waals surface area contributed by atoms with E-state index in [1.165, 1.54) is 17.6 Å². The summed E-state index contributed by atoms with van der Waals surface area (Å²) in [6, 6.07) is 8.19. The van der Waals surface area contributed by atoms with Crippen LogP contribution >= 0.6 is 0 Å². The minimum atomic E-state index is 0.0621. The molecule has 0 saturated carbocycles. The number of nitrogens with zero attached hydrogens (tertiary/aromatic N) is 5. The number of hydrogen-bond acceptors (Lipinski definition) is 4. The Hall–Kier alpha value is -2.96. The minimum Gasteiger partial charge on any atom is -0.352 e. The molecule has 1 amide bonds. The van der Waals surface area contributed by atoms with E-state index in [1.807, 2.05) is 19.1 Å². The third-order valence-corrected chi connectivity index (χ3v) is 5.00. The van der Waals surface area contributed by atoms with Crippen LogP contribution in [0.4, 0.5) is 0 Å². The average molecular weight is 395 g/mol. The summed E-state index contributed by atoms with van der Waals surface area (Å²) < 4.78 is 3.85. The van der Waals surface area contributed by atoms with Gasteiger partial charge in [0.2, 0.25) is 5.91 Å². The maximum absolute atomic E-state index is 12.3. The van der Waals surface area contributed by atoms with Gasteiger partial charge in [0.05, 0.1) is 12.2 Å². The summed E-state index contributed by atoms with van der Waals surface area (Å²) in [4.78, 5) is 16.3. The van der Waals surface area contributed by atoms with Crippen LogP contribution in [0.25, 0.3) is 0 Å². The summed E-state index contributed by atoms with van der Waals surface area (Å²) in [6.07, 6.45) is 4.42. The fourth-order valence-corrected chi connectivity index (χ4v) is 3.41. The summed E-state index contributed by atoms with van der Waals surface area (Å²) in [5.74, 6) is 0.610. The lowest BCUT2D eigenvalue weighted by Gasteiger charge is -2.09. The molecule has 3 rings (SSSR count). The second-order valence-corrected chi connectivity index (χ2v) is 7.91. The van der Waals surface area contributed by atoms with Gasteiger partial charge in [-0.3, -0.25) is 9.48 Å². The first-order chi connectivity index (χ1) is 13.9. The maximum atomic E-state index is 12.3. The molecule has 7 heteroatoms. The second-order valence-electron chi connectivity index (χ2n) is 7.91. The summed E-state index contributed by atoms with van der Waals surface area (Å²) in [6.45, 7) is 10.6. The molecule has 0 spiro atoms. The number of amides is 1. The quantitative estimate of drug-likeness (QED) is 0.605. The molecule has 2 aromatic heterocycles. The topological polar surface area (TPSA) is 77.6 Å². The molecule has 2 heterocycles. The number of benzene rings is 1. The summed E-state index contributed by atoms with van der Waals surface area (Å²) in [5, 5.41) is 11.8. The van der Waals surface area contributed by atoms with Crippen LogP contribution in [0.3, 0.4) is 0 Å². The van der Waals surface area contributed by atoms with Gasteiger partial charge in [-0.15, -0.1) is 0 Å². The molecular formula is C22H30N6O. The van der Waals surface area contributed by atoms with E-state index in [0.717, 1.165) is 29.8 Å². The number of carbonyl (C=O) groups excluding carboxylic acids is 1. The molecule has 0 aliphatic carbocycles. The lowest BCUT2D eigenvalue weighted by atomic mass is 10.1. The first-order valence-electron chi connectivity index (χ1n) is 10.1. The zero-order valence-electron chi connectivity index (χ0n) is 17.7. The molecule has 7 nitrogen and oxygen atoms in total. The van der Waals surface area contributed by atoms with Gasteiger partial charge in [0.25, 0.3) is 0 Å². The molecule has 1 N–H and O–H groups in total. The molecule has 154 valence electrons. The van der Waals surface area contributed by atoms with Crippen molar-refractivity contribution in [2.45, 2.75) is 60.2 Å². The van der Waals surface area contributed by atoms with Crippen molar-refractivity contribution in [3.8, 4) is 0 Å². The second kappa shape index (κ2) is 9.49. The van der Waals surface area contributed by atoms with E-state index in [4.69, 9.17) is 0 Å². The van der Waals surface area contributed by atoms with Crippen molar-refractivity contribution in [1.82, 2.24) is 29.9 Å². The number of aryl methyl sites for hydroxylation is 1. The summed E-state index contributed by atoms with van der Waals surface area (Å²) in [5.41, 5.74) is 5.62. The molecular weight excluding hydrogens is 364 g/mol. The van der Waals surface area contributed by atoms with Crippen molar-refractivity contribution in [1.29, 1.82) is 0 Å². The lowest BCUT2D eigenvalue weighted by Crippen LogP contribution is -2.23. The van der Waals surface area contributed by atoms with Crippen LogP contribution in [-0.4, -0.2) is 30.5 Å². The van der Waals surface area contributed by atoms with Crippen molar-refractivity contribution in [3.05, 3.63) is 65.0 Å². The molecule has 0 aliphatic heterocycles. The van der Waals surface area contributed by atoms with Gasteiger partial charge in [-0.05, 0) is 42.9 Å². The summed E-state index contributed by atoms with van der Waals surface area (Å²) >= 11 is 0. The fraction of sp³-hybridized carbons (Fsp3) is 0.455. The number of rotatable bonds is 9. The molecule has 1 aromatic carbocycles. The lowest BCUT2D eigenvalue weighted by molar-refractivity contribution is -0.121. The van der Waals surface area contributed by atoms with Crippen LogP contribution in [0.1, 0.15) is 48.3 Å². The van der Waals surface area contributed by atoms with E-state index in [9.17, 15) is 4.79 Å². The monoisotopic (exact) mass is 394 g/mol. The van der Waals surface area contributed by atoms with E-state index in [1.54, 1.807) is 11.0 Å². The molecule has 0 saturated heterocycles. The third kappa shape index (κ3) is 5.76. The Balaban J connectivity index is 1.47. The Kier molecular flexibility index (Phi) is 6.80. The standard InChI is InChI=1S/C22H30N6O/c1-16(2)12-28-18(4)21(17(3)26-28)9-10-22(29)24-11-19-5-7-20(8-6-19)13-27-15-23-14-25-27/h5-8,14-16H,9-13H2,1-4H3,(H,24,29). The highest BCUT2D eigenvalue weighted by atomic mass is 16.1. The van der Waals surface area contributed by atoms with Crippen LogP contribution in [-0.2, 0) is 30.8 Å². The largest absolute Gasteiger partial charge is 0.352 e. The van der Waals surface area contributed by atoms with Gasteiger partial charge in [-0.25, -0.2) is 9.67 Å². The van der Waals surface area contributed by atoms with Gasteiger partial charge in [-0.1, -0.05) is 38.1 Å². The van der Waals surface area contributed by atoms with E-state index >= 15 is 0 Å². The zero-order chi connectivity index (χ0) is 20.8. The number of aromatic nitrogens is 5. The van der Waals surface area contributed by atoms with E-state index in [-0.39, 0.29) is 5.91 Å². The van der Waals surface area contributed by atoms with Gasteiger partial charge >= 0.3 is 0 Å². The highest BCUT2D eigenvalue weighted by Gasteiger charge is 2.13. The molecule has 3 aromatic rings. The van der Waals surface area contributed by atoms with Crippen LogP contribution < -0.4 is 5.32 Å². The SMILES string of the molecule is Cc1nn(CC(C)C)c(C)c1CCC(=O)NCc1ccc(Cn2cncn2)cc1. The van der Waals surface area contributed by atoms with Gasteiger partial charge in [0.15, 0.2) is 0 Å². The Labute approximate surface area is 172 Å². The Morgan fingerprint density at radius 1 is 1.14 bits per heavy atom. The third-order valence-electron chi connectivity index (χ3n) is 5.00. The smallest absolute Gasteiger partial charge is 0.220 e. The molecule has 0 fully saturated rings.